The molecule has 1 aromatic carbocycles. The van der Waals surface area contributed by atoms with Gasteiger partial charge in [0.15, 0.2) is 5.96 Å². The molecule has 134 valence electrons. The van der Waals surface area contributed by atoms with E-state index in [-0.39, 0.29) is 0 Å². The van der Waals surface area contributed by atoms with Crippen molar-refractivity contribution in [2.24, 2.45) is 16.6 Å². The molecule has 1 aliphatic rings. The second kappa shape index (κ2) is 8.23. The van der Waals surface area contributed by atoms with Gasteiger partial charge in [-0.25, -0.2) is 13.4 Å². The first kappa shape index (κ1) is 18.4. The Morgan fingerprint density at radius 3 is 2.54 bits per heavy atom. The summed E-state index contributed by atoms with van der Waals surface area (Å²) in [6, 6.07) is 6.74. The molecule has 1 aliphatic heterocycles. The first-order valence-electron chi connectivity index (χ1n) is 8.09. The average Bonchev–Trinajstić information content (AvgIpc) is 2.52. The molecule has 24 heavy (non-hydrogen) atoms. The van der Waals surface area contributed by atoms with E-state index in [4.69, 9.17) is 10.5 Å². The predicted octanol–water partition coefficient (Wildman–Crippen LogP) is 1.48. The highest BCUT2D eigenvalue weighted by Gasteiger charge is 2.16. The molecule has 1 fully saturated rings. The van der Waals surface area contributed by atoms with Gasteiger partial charge in [-0.05, 0) is 43.0 Å². The maximum Gasteiger partial charge on any atom is 0.229 e. The molecule has 0 aromatic heterocycles. The van der Waals surface area contributed by atoms with E-state index in [0.29, 0.717) is 30.5 Å². The smallest absolute Gasteiger partial charge is 0.229 e. The number of benzene rings is 1. The van der Waals surface area contributed by atoms with Gasteiger partial charge in [-0.2, -0.15) is 0 Å². The van der Waals surface area contributed by atoms with E-state index in [0.717, 1.165) is 38.1 Å². The standard InChI is InChI=1S/C16H26N4O3S/c1-13-7-10-20(11-8-13)16(17)18-9-12-23-15-5-3-14(4-6-15)19-24(2,21)22/h3-6,13,19H,7-12H2,1-2H3,(H2,17,18). The highest BCUT2D eigenvalue weighted by atomic mass is 32.2. The van der Waals surface area contributed by atoms with E-state index < -0.39 is 10.0 Å². The van der Waals surface area contributed by atoms with Crippen LogP contribution in [0, 0.1) is 5.92 Å². The van der Waals surface area contributed by atoms with E-state index in [1.807, 2.05) is 0 Å². The van der Waals surface area contributed by atoms with Crippen molar-refractivity contribution in [3.63, 3.8) is 0 Å². The first-order chi connectivity index (χ1) is 11.3. The highest BCUT2D eigenvalue weighted by molar-refractivity contribution is 7.92. The van der Waals surface area contributed by atoms with Crippen molar-refractivity contribution in [1.29, 1.82) is 0 Å². The molecule has 0 aliphatic carbocycles. The summed E-state index contributed by atoms with van der Waals surface area (Å²) in [5, 5.41) is 0. The van der Waals surface area contributed by atoms with Crippen LogP contribution in [-0.2, 0) is 10.0 Å². The third kappa shape index (κ3) is 6.27. The maximum absolute atomic E-state index is 11.1. The summed E-state index contributed by atoms with van der Waals surface area (Å²) in [5.41, 5.74) is 6.51. The minimum absolute atomic E-state index is 0.420. The molecule has 1 saturated heterocycles. The van der Waals surface area contributed by atoms with Crippen LogP contribution < -0.4 is 15.2 Å². The van der Waals surface area contributed by atoms with Crippen LogP contribution in [0.15, 0.2) is 29.3 Å². The molecular formula is C16H26N4O3S. The Labute approximate surface area is 143 Å². The van der Waals surface area contributed by atoms with Gasteiger partial charge in [-0.15, -0.1) is 0 Å². The van der Waals surface area contributed by atoms with E-state index in [2.05, 4.69) is 21.5 Å². The third-order valence-electron chi connectivity index (χ3n) is 3.90. The molecule has 8 heteroatoms. The van der Waals surface area contributed by atoms with Crippen molar-refractivity contribution in [3.05, 3.63) is 24.3 Å². The van der Waals surface area contributed by atoms with Crippen LogP contribution in [0.5, 0.6) is 5.75 Å². The number of sulfonamides is 1. The third-order valence-corrected chi connectivity index (χ3v) is 4.51. The zero-order valence-corrected chi connectivity index (χ0v) is 15.1. The van der Waals surface area contributed by atoms with Gasteiger partial charge in [0.1, 0.15) is 12.4 Å². The lowest BCUT2D eigenvalue weighted by molar-refractivity contribution is 0.276. The van der Waals surface area contributed by atoms with Crippen LogP contribution in [0.25, 0.3) is 0 Å². The fourth-order valence-corrected chi connectivity index (χ4v) is 3.06. The van der Waals surface area contributed by atoms with Gasteiger partial charge in [0, 0.05) is 18.8 Å². The van der Waals surface area contributed by atoms with E-state index in [9.17, 15) is 8.42 Å². The number of rotatable bonds is 6. The fourth-order valence-electron chi connectivity index (χ4n) is 2.49. The van der Waals surface area contributed by atoms with Crippen molar-refractivity contribution in [2.75, 3.05) is 37.2 Å². The zero-order chi connectivity index (χ0) is 17.6. The lowest BCUT2D eigenvalue weighted by Crippen LogP contribution is -2.42. The molecular weight excluding hydrogens is 328 g/mol. The monoisotopic (exact) mass is 354 g/mol. The van der Waals surface area contributed by atoms with Gasteiger partial charge in [-0.3, -0.25) is 4.72 Å². The van der Waals surface area contributed by atoms with Crippen LogP contribution in [0.4, 0.5) is 5.69 Å². The summed E-state index contributed by atoms with van der Waals surface area (Å²) in [6.07, 6.45) is 3.42. The Hall–Kier alpha value is -1.96. The van der Waals surface area contributed by atoms with Gasteiger partial charge in [-0.1, -0.05) is 6.92 Å². The summed E-state index contributed by atoms with van der Waals surface area (Å²) in [7, 11) is -3.26. The van der Waals surface area contributed by atoms with Gasteiger partial charge >= 0.3 is 0 Å². The summed E-state index contributed by atoms with van der Waals surface area (Å²) in [5.74, 6) is 2.00. The number of nitrogens with two attached hydrogens (primary N) is 1. The minimum atomic E-state index is -3.26. The SMILES string of the molecule is CC1CCN(C(N)=NCCOc2ccc(NS(C)(=O)=O)cc2)CC1. The van der Waals surface area contributed by atoms with Crippen LogP contribution in [0.3, 0.4) is 0 Å². The number of hydrogen-bond donors (Lipinski definition) is 2. The fraction of sp³-hybridized carbons (Fsp3) is 0.562. The number of aliphatic imine (C=N–C) groups is 1. The maximum atomic E-state index is 11.1. The molecule has 2 rings (SSSR count). The van der Waals surface area contributed by atoms with Gasteiger partial charge in [0.05, 0.1) is 12.8 Å². The Bertz CT molecular complexity index is 650. The van der Waals surface area contributed by atoms with E-state index in [1.165, 1.54) is 0 Å². The highest BCUT2D eigenvalue weighted by Crippen LogP contribution is 2.17. The van der Waals surface area contributed by atoms with Crippen molar-refractivity contribution in [3.8, 4) is 5.75 Å². The molecule has 0 atom stereocenters. The normalized spacial score (nSPS) is 16.9. The second-order valence-electron chi connectivity index (χ2n) is 6.16. The Kier molecular flexibility index (Phi) is 6.30. The van der Waals surface area contributed by atoms with E-state index in [1.54, 1.807) is 24.3 Å². The van der Waals surface area contributed by atoms with Crippen LogP contribution in [-0.4, -0.2) is 51.8 Å². The Morgan fingerprint density at radius 2 is 1.96 bits per heavy atom. The summed E-state index contributed by atoms with van der Waals surface area (Å²) in [6.45, 7) is 5.10. The summed E-state index contributed by atoms with van der Waals surface area (Å²) < 4.78 is 30.3. The number of guanidine groups is 1. The van der Waals surface area contributed by atoms with E-state index >= 15 is 0 Å². The summed E-state index contributed by atoms with van der Waals surface area (Å²) >= 11 is 0. The Morgan fingerprint density at radius 1 is 1.33 bits per heavy atom. The number of nitrogens with zero attached hydrogens (tertiary/aromatic N) is 2. The second-order valence-corrected chi connectivity index (χ2v) is 7.91. The molecule has 0 bridgehead atoms. The van der Waals surface area contributed by atoms with Crippen LogP contribution in [0.1, 0.15) is 19.8 Å². The molecule has 7 nitrogen and oxygen atoms in total. The molecule has 0 radical (unpaired) electrons. The van der Waals surface area contributed by atoms with Crippen molar-refractivity contribution in [1.82, 2.24) is 4.90 Å². The quantitative estimate of drug-likeness (QED) is 0.458. The van der Waals surface area contributed by atoms with Gasteiger partial charge in [0.2, 0.25) is 10.0 Å². The van der Waals surface area contributed by atoms with Crippen LogP contribution >= 0.6 is 0 Å². The van der Waals surface area contributed by atoms with Gasteiger partial charge in [0.25, 0.3) is 0 Å². The van der Waals surface area contributed by atoms with Crippen molar-refractivity contribution in [2.45, 2.75) is 19.8 Å². The van der Waals surface area contributed by atoms with Gasteiger partial charge < -0.3 is 15.4 Å². The largest absolute Gasteiger partial charge is 0.492 e. The number of hydrogen-bond acceptors (Lipinski definition) is 4. The zero-order valence-electron chi connectivity index (χ0n) is 14.2. The predicted molar refractivity (Wildman–Crippen MR) is 96.9 cm³/mol. The average molecular weight is 354 g/mol. The lowest BCUT2D eigenvalue weighted by atomic mass is 10.00. The topological polar surface area (TPSA) is 97.0 Å². The molecule has 0 amide bonds. The molecule has 1 heterocycles. The van der Waals surface area contributed by atoms with Crippen LogP contribution in [0.2, 0.25) is 0 Å². The van der Waals surface area contributed by atoms with Crippen molar-refractivity contribution >= 4 is 21.7 Å². The number of anilines is 1. The molecule has 0 spiro atoms. The molecule has 0 unspecified atom stereocenters. The lowest BCUT2D eigenvalue weighted by Gasteiger charge is -2.31. The summed E-state index contributed by atoms with van der Waals surface area (Å²) in [4.78, 5) is 6.47. The first-order valence-corrected chi connectivity index (χ1v) is 9.98. The number of likely N-dealkylation sites (tertiary alicyclic amines) is 1. The van der Waals surface area contributed by atoms with Crippen molar-refractivity contribution < 1.29 is 13.2 Å². The molecule has 1 aromatic rings. The number of piperidine rings is 1. The molecule has 3 N–H and O–H groups in total. The Balaban J connectivity index is 1.74. The number of ether oxygens (including phenoxy) is 1. The number of nitrogens with one attached hydrogen (secondary N) is 1. The molecule has 0 saturated carbocycles. The minimum Gasteiger partial charge on any atom is -0.492 e.